The average Bonchev–Trinajstić information content (AvgIpc) is 2.66. The second-order valence-corrected chi connectivity index (χ2v) is 6.56. The molecule has 0 saturated heterocycles. The Balaban J connectivity index is 2.04. The first-order valence-electron chi connectivity index (χ1n) is 8.72. The lowest BCUT2D eigenvalue weighted by Gasteiger charge is -2.24. The van der Waals surface area contributed by atoms with Gasteiger partial charge in [-0.15, -0.1) is 0 Å². The lowest BCUT2D eigenvalue weighted by atomic mass is 10.0. The number of amides is 2. The van der Waals surface area contributed by atoms with Crippen LogP contribution in [0.1, 0.15) is 42.7 Å². The van der Waals surface area contributed by atoms with Crippen LogP contribution in [0.25, 0.3) is 0 Å². The van der Waals surface area contributed by atoms with E-state index in [1.54, 1.807) is 31.4 Å². The predicted octanol–water partition coefficient (Wildman–Crippen LogP) is 3.33. The van der Waals surface area contributed by atoms with Crippen LogP contribution in [0.4, 0.5) is 0 Å². The van der Waals surface area contributed by atoms with Gasteiger partial charge in [-0.2, -0.15) is 0 Å². The molecular weight excluding hydrogens is 328 g/mol. The van der Waals surface area contributed by atoms with E-state index >= 15 is 0 Å². The Morgan fingerprint density at radius 3 is 2.04 bits per heavy atom. The average molecular weight is 354 g/mol. The van der Waals surface area contributed by atoms with Gasteiger partial charge in [-0.25, -0.2) is 0 Å². The fraction of sp³-hybridized carbons (Fsp3) is 0.333. The third kappa shape index (κ3) is 5.09. The molecule has 26 heavy (non-hydrogen) atoms. The maximum Gasteiger partial charge on any atom is 0.251 e. The summed E-state index contributed by atoms with van der Waals surface area (Å²) >= 11 is 0. The molecule has 0 bridgehead atoms. The summed E-state index contributed by atoms with van der Waals surface area (Å²) in [4.78, 5) is 25.2. The van der Waals surface area contributed by atoms with Gasteiger partial charge in [-0.3, -0.25) is 9.59 Å². The van der Waals surface area contributed by atoms with Crippen LogP contribution in [0.5, 0.6) is 5.75 Å². The molecule has 2 aromatic rings. The number of carbonyl (C=O) groups excluding carboxylic acids is 2. The van der Waals surface area contributed by atoms with Crippen molar-refractivity contribution >= 4 is 11.8 Å². The Kier molecular flexibility index (Phi) is 6.78. The number of hydrogen-bond donors (Lipinski definition) is 2. The zero-order valence-corrected chi connectivity index (χ0v) is 15.7. The molecular formula is C21H26N2O3. The molecule has 5 nitrogen and oxygen atoms in total. The number of ether oxygens (including phenoxy) is 1. The molecule has 1 unspecified atom stereocenters. The van der Waals surface area contributed by atoms with E-state index in [-0.39, 0.29) is 23.8 Å². The first-order valence-corrected chi connectivity index (χ1v) is 8.72. The molecule has 0 aromatic heterocycles. The van der Waals surface area contributed by atoms with E-state index in [0.717, 1.165) is 5.56 Å². The van der Waals surface area contributed by atoms with E-state index in [9.17, 15) is 9.59 Å². The normalized spacial score (nSPS) is 13.0. The second-order valence-electron chi connectivity index (χ2n) is 6.56. The number of benzene rings is 2. The van der Waals surface area contributed by atoms with E-state index < -0.39 is 6.04 Å². The Labute approximate surface area is 154 Å². The zero-order chi connectivity index (χ0) is 19.1. The highest BCUT2D eigenvalue weighted by Gasteiger charge is 2.26. The topological polar surface area (TPSA) is 67.4 Å². The molecule has 2 rings (SSSR count). The van der Waals surface area contributed by atoms with Crippen molar-refractivity contribution in [3.05, 3.63) is 65.7 Å². The van der Waals surface area contributed by atoms with Crippen LogP contribution in [0.2, 0.25) is 0 Å². The molecule has 2 amide bonds. The summed E-state index contributed by atoms with van der Waals surface area (Å²) in [5.41, 5.74) is 1.50. The molecule has 0 heterocycles. The lowest BCUT2D eigenvalue weighted by molar-refractivity contribution is -0.124. The molecule has 0 aliphatic rings. The number of rotatable bonds is 7. The second kappa shape index (κ2) is 9.04. The molecule has 5 heteroatoms. The molecule has 0 saturated carbocycles. The first-order chi connectivity index (χ1) is 12.4. The third-order valence-corrected chi connectivity index (χ3v) is 4.25. The molecule has 0 spiro atoms. The van der Waals surface area contributed by atoms with Crippen molar-refractivity contribution in [1.29, 1.82) is 0 Å². The molecule has 0 fully saturated rings. The van der Waals surface area contributed by atoms with Crippen molar-refractivity contribution in [3.63, 3.8) is 0 Å². The monoisotopic (exact) mass is 354 g/mol. The Morgan fingerprint density at radius 1 is 0.885 bits per heavy atom. The molecule has 2 N–H and O–H groups in total. The summed E-state index contributed by atoms with van der Waals surface area (Å²) in [6.45, 7) is 5.74. The summed E-state index contributed by atoms with van der Waals surface area (Å²) in [7, 11) is 1.57. The van der Waals surface area contributed by atoms with Crippen molar-refractivity contribution < 1.29 is 14.3 Å². The molecule has 0 aliphatic carbocycles. The first kappa shape index (κ1) is 19.5. The van der Waals surface area contributed by atoms with Gasteiger partial charge >= 0.3 is 0 Å². The number of carbonyl (C=O) groups is 2. The van der Waals surface area contributed by atoms with Crippen LogP contribution in [0.3, 0.4) is 0 Å². The van der Waals surface area contributed by atoms with Crippen LogP contribution in [0.15, 0.2) is 54.6 Å². The standard InChI is InChI=1S/C21H26N2O3/c1-14(2)19(21(25)22-15(3)16-8-6-5-7-9-16)23-20(24)17-10-12-18(26-4)13-11-17/h5-15,19H,1-4H3,(H,22,25)(H,23,24)/t15-,19?/m0/s1. The summed E-state index contributed by atoms with van der Waals surface area (Å²) in [6.07, 6.45) is 0. The Bertz CT molecular complexity index is 727. The molecule has 2 atom stereocenters. The summed E-state index contributed by atoms with van der Waals surface area (Å²) in [6, 6.07) is 15.8. The maximum atomic E-state index is 12.7. The SMILES string of the molecule is COc1ccc(C(=O)NC(C(=O)N[C@@H](C)c2ccccc2)C(C)C)cc1. The largest absolute Gasteiger partial charge is 0.497 e. The number of nitrogens with one attached hydrogen (secondary N) is 2. The lowest BCUT2D eigenvalue weighted by Crippen LogP contribution is -2.50. The smallest absolute Gasteiger partial charge is 0.251 e. The highest BCUT2D eigenvalue weighted by atomic mass is 16.5. The van der Waals surface area contributed by atoms with Gasteiger partial charge in [0.25, 0.3) is 5.91 Å². The minimum Gasteiger partial charge on any atom is -0.497 e. The molecule has 0 aliphatic heterocycles. The highest BCUT2D eigenvalue weighted by molar-refractivity contribution is 5.97. The molecule has 0 radical (unpaired) electrons. The van der Waals surface area contributed by atoms with Crippen molar-refractivity contribution in [3.8, 4) is 5.75 Å². The van der Waals surface area contributed by atoms with E-state index in [4.69, 9.17) is 4.74 Å². The highest BCUT2D eigenvalue weighted by Crippen LogP contribution is 2.14. The van der Waals surface area contributed by atoms with Gasteiger partial charge in [0.1, 0.15) is 11.8 Å². The van der Waals surface area contributed by atoms with Crippen molar-refractivity contribution in [2.45, 2.75) is 32.9 Å². The van der Waals surface area contributed by atoms with Gasteiger partial charge in [-0.05, 0) is 42.7 Å². The van der Waals surface area contributed by atoms with Gasteiger partial charge in [0.15, 0.2) is 0 Å². The van der Waals surface area contributed by atoms with Crippen molar-refractivity contribution in [2.75, 3.05) is 7.11 Å². The Hall–Kier alpha value is -2.82. The van der Waals surface area contributed by atoms with Crippen molar-refractivity contribution in [1.82, 2.24) is 10.6 Å². The predicted molar refractivity (Wildman–Crippen MR) is 102 cm³/mol. The molecule has 138 valence electrons. The van der Waals surface area contributed by atoms with Crippen LogP contribution < -0.4 is 15.4 Å². The van der Waals surface area contributed by atoms with Gasteiger partial charge in [-0.1, -0.05) is 44.2 Å². The summed E-state index contributed by atoms with van der Waals surface area (Å²) in [5, 5.41) is 5.81. The van der Waals surface area contributed by atoms with Crippen LogP contribution >= 0.6 is 0 Å². The number of hydrogen-bond acceptors (Lipinski definition) is 3. The maximum absolute atomic E-state index is 12.7. The van der Waals surface area contributed by atoms with Gasteiger partial charge in [0.05, 0.1) is 13.2 Å². The number of methoxy groups -OCH3 is 1. The van der Waals surface area contributed by atoms with Crippen LogP contribution in [0, 0.1) is 5.92 Å². The fourth-order valence-electron chi connectivity index (χ4n) is 2.63. The van der Waals surface area contributed by atoms with Gasteiger partial charge in [0, 0.05) is 5.56 Å². The van der Waals surface area contributed by atoms with E-state index in [1.807, 2.05) is 51.1 Å². The summed E-state index contributed by atoms with van der Waals surface area (Å²) in [5.74, 6) is 0.156. The van der Waals surface area contributed by atoms with Crippen molar-refractivity contribution in [2.24, 2.45) is 5.92 Å². The van der Waals surface area contributed by atoms with Gasteiger partial charge in [0.2, 0.25) is 5.91 Å². The van der Waals surface area contributed by atoms with E-state index in [1.165, 1.54) is 0 Å². The van der Waals surface area contributed by atoms with Crippen LogP contribution in [-0.4, -0.2) is 25.0 Å². The van der Waals surface area contributed by atoms with E-state index in [2.05, 4.69) is 10.6 Å². The zero-order valence-electron chi connectivity index (χ0n) is 15.7. The fourth-order valence-corrected chi connectivity index (χ4v) is 2.63. The summed E-state index contributed by atoms with van der Waals surface area (Å²) < 4.78 is 5.10. The Morgan fingerprint density at radius 2 is 1.50 bits per heavy atom. The third-order valence-electron chi connectivity index (χ3n) is 4.25. The minimum absolute atomic E-state index is 0.0415. The van der Waals surface area contributed by atoms with Crippen LogP contribution in [-0.2, 0) is 4.79 Å². The minimum atomic E-state index is -0.615. The molecule has 2 aromatic carbocycles. The van der Waals surface area contributed by atoms with E-state index in [0.29, 0.717) is 11.3 Å². The van der Waals surface area contributed by atoms with Gasteiger partial charge < -0.3 is 15.4 Å². The quantitative estimate of drug-likeness (QED) is 0.801.